The molecule has 5 aromatic rings. The van der Waals surface area contributed by atoms with E-state index in [9.17, 15) is 4.39 Å². The number of hydrogen-bond acceptors (Lipinski definition) is 1. The second kappa shape index (κ2) is 6.84. The largest absolute Gasteiger partial charge is 0.367 e. The third-order valence-corrected chi connectivity index (χ3v) is 6.44. The van der Waals surface area contributed by atoms with E-state index in [-0.39, 0.29) is 5.82 Å². The Morgan fingerprint density at radius 2 is 1.47 bits per heavy atom. The van der Waals surface area contributed by atoms with E-state index in [1.807, 2.05) is 6.07 Å². The Labute approximate surface area is 175 Å². The zero-order valence-corrected chi connectivity index (χ0v) is 16.7. The van der Waals surface area contributed by atoms with Crippen molar-refractivity contribution in [2.24, 2.45) is 0 Å². The van der Waals surface area contributed by atoms with Gasteiger partial charge in [0.05, 0.1) is 0 Å². The molecule has 0 atom stereocenters. The average Bonchev–Trinajstić information content (AvgIpc) is 2.78. The van der Waals surface area contributed by atoms with Crippen molar-refractivity contribution in [2.45, 2.75) is 19.4 Å². The van der Waals surface area contributed by atoms with Crippen LogP contribution in [0.15, 0.2) is 84.9 Å². The van der Waals surface area contributed by atoms with Gasteiger partial charge in [-0.1, -0.05) is 60.7 Å². The Morgan fingerprint density at radius 1 is 0.700 bits per heavy atom. The smallest absolute Gasteiger partial charge is 0.123 e. The van der Waals surface area contributed by atoms with Crippen molar-refractivity contribution in [3.8, 4) is 0 Å². The van der Waals surface area contributed by atoms with Gasteiger partial charge in [-0.15, -0.1) is 0 Å². The Morgan fingerprint density at radius 3 is 2.37 bits per heavy atom. The molecular weight excluding hydrogens is 369 g/mol. The number of benzene rings is 5. The minimum Gasteiger partial charge on any atom is -0.367 e. The summed E-state index contributed by atoms with van der Waals surface area (Å²) in [5, 5.41) is 7.76. The van der Waals surface area contributed by atoms with Crippen molar-refractivity contribution in [3.63, 3.8) is 0 Å². The van der Waals surface area contributed by atoms with Crippen molar-refractivity contribution in [3.05, 3.63) is 102 Å². The molecule has 0 unspecified atom stereocenters. The van der Waals surface area contributed by atoms with E-state index in [0.717, 1.165) is 31.5 Å². The molecule has 0 aliphatic carbocycles. The molecule has 0 amide bonds. The summed E-state index contributed by atoms with van der Waals surface area (Å²) in [4.78, 5) is 2.38. The molecule has 30 heavy (non-hydrogen) atoms. The van der Waals surface area contributed by atoms with E-state index in [1.165, 1.54) is 43.6 Å². The van der Waals surface area contributed by atoms with E-state index in [2.05, 4.69) is 71.6 Å². The average molecular weight is 391 g/mol. The van der Waals surface area contributed by atoms with Gasteiger partial charge in [0.1, 0.15) is 5.82 Å². The summed E-state index contributed by atoms with van der Waals surface area (Å²) in [6.45, 7) is 1.87. The number of nitrogens with zero attached hydrogens (tertiary/aromatic N) is 1. The number of anilines is 1. The van der Waals surface area contributed by atoms with Gasteiger partial charge in [-0.05, 0) is 80.6 Å². The predicted molar refractivity (Wildman–Crippen MR) is 125 cm³/mol. The molecule has 5 aromatic carbocycles. The number of fused-ring (bicyclic) bond motifs is 6. The van der Waals surface area contributed by atoms with Crippen LogP contribution < -0.4 is 4.90 Å². The standard InChI is InChI=1S/C28H22FN/c29-23-10-14-28-22(17-23)5-3-15-30(28)18-19-7-11-25-21(16-19)9-13-26-24-6-2-1-4-20(24)8-12-27(25)26/h1-2,4,6-14,16-17H,3,5,15,18H2. The maximum Gasteiger partial charge on any atom is 0.123 e. The Bertz CT molecular complexity index is 1420. The molecule has 0 fully saturated rings. The van der Waals surface area contributed by atoms with Crippen molar-refractivity contribution < 1.29 is 4.39 Å². The maximum absolute atomic E-state index is 13.6. The first-order valence-electron chi connectivity index (χ1n) is 10.6. The molecule has 1 nitrogen and oxygen atoms in total. The maximum atomic E-state index is 13.6. The van der Waals surface area contributed by atoms with Crippen molar-refractivity contribution in [1.82, 2.24) is 0 Å². The SMILES string of the molecule is Fc1ccc2c(c1)CCCN2Cc1ccc2c(ccc3c4ccccc4ccc23)c1. The number of halogens is 1. The normalized spacial score (nSPS) is 13.8. The number of hydrogen-bond donors (Lipinski definition) is 0. The van der Waals surface area contributed by atoms with Crippen LogP contribution in [0.2, 0.25) is 0 Å². The fourth-order valence-corrected chi connectivity index (χ4v) is 5.01. The fraction of sp³-hybridized carbons (Fsp3) is 0.143. The van der Waals surface area contributed by atoms with Crippen LogP contribution in [0.25, 0.3) is 32.3 Å². The van der Waals surface area contributed by atoms with Crippen LogP contribution in [-0.4, -0.2) is 6.54 Å². The van der Waals surface area contributed by atoms with Gasteiger partial charge in [-0.2, -0.15) is 0 Å². The molecule has 0 bridgehead atoms. The zero-order valence-electron chi connectivity index (χ0n) is 16.7. The molecule has 1 aliphatic rings. The van der Waals surface area contributed by atoms with Crippen LogP contribution in [-0.2, 0) is 13.0 Å². The molecule has 1 heterocycles. The van der Waals surface area contributed by atoms with Crippen LogP contribution in [0, 0.1) is 5.82 Å². The zero-order chi connectivity index (χ0) is 20.1. The van der Waals surface area contributed by atoms with Gasteiger partial charge in [0.15, 0.2) is 0 Å². The summed E-state index contributed by atoms with van der Waals surface area (Å²) in [6.07, 6.45) is 2.03. The Hall–Kier alpha value is -3.39. The van der Waals surface area contributed by atoms with Gasteiger partial charge >= 0.3 is 0 Å². The lowest BCUT2D eigenvalue weighted by Gasteiger charge is -2.31. The summed E-state index contributed by atoms with van der Waals surface area (Å²) in [5.41, 5.74) is 3.59. The van der Waals surface area contributed by atoms with Gasteiger partial charge in [0, 0.05) is 18.8 Å². The van der Waals surface area contributed by atoms with Gasteiger partial charge in [-0.3, -0.25) is 0 Å². The quantitative estimate of drug-likeness (QED) is 0.287. The molecular formula is C28H22FN. The molecule has 0 radical (unpaired) electrons. The van der Waals surface area contributed by atoms with Crippen LogP contribution in [0.1, 0.15) is 17.5 Å². The molecule has 146 valence electrons. The molecule has 2 heteroatoms. The molecule has 1 aliphatic heterocycles. The van der Waals surface area contributed by atoms with E-state index >= 15 is 0 Å². The highest BCUT2D eigenvalue weighted by Crippen LogP contribution is 2.33. The van der Waals surface area contributed by atoms with Gasteiger partial charge in [-0.25, -0.2) is 4.39 Å². The van der Waals surface area contributed by atoms with Crippen molar-refractivity contribution >= 4 is 38.0 Å². The highest BCUT2D eigenvalue weighted by molar-refractivity contribution is 6.17. The lowest BCUT2D eigenvalue weighted by molar-refractivity contribution is 0.618. The first-order valence-corrected chi connectivity index (χ1v) is 10.6. The van der Waals surface area contributed by atoms with E-state index in [0.29, 0.717) is 0 Å². The van der Waals surface area contributed by atoms with Gasteiger partial charge in [0.2, 0.25) is 0 Å². The van der Waals surface area contributed by atoms with E-state index in [1.54, 1.807) is 12.1 Å². The molecule has 0 N–H and O–H groups in total. The van der Waals surface area contributed by atoms with Gasteiger partial charge in [0.25, 0.3) is 0 Å². The van der Waals surface area contributed by atoms with Crippen LogP contribution in [0.5, 0.6) is 0 Å². The molecule has 0 spiro atoms. The molecule has 6 rings (SSSR count). The second-order valence-corrected chi connectivity index (χ2v) is 8.30. The molecule has 0 aromatic heterocycles. The minimum absolute atomic E-state index is 0.138. The molecule has 0 saturated carbocycles. The van der Waals surface area contributed by atoms with Crippen LogP contribution >= 0.6 is 0 Å². The van der Waals surface area contributed by atoms with Crippen molar-refractivity contribution in [1.29, 1.82) is 0 Å². The lowest BCUT2D eigenvalue weighted by Crippen LogP contribution is -2.28. The highest BCUT2D eigenvalue weighted by Gasteiger charge is 2.17. The monoisotopic (exact) mass is 391 g/mol. The third kappa shape index (κ3) is 2.83. The van der Waals surface area contributed by atoms with E-state index < -0.39 is 0 Å². The second-order valence-electron chi connectivity index (χ2n) is 8.30. The topological polar surface area (TPSA) is 3.24 Å². The number of aryl methyl sites for hydroxylation is 1. The molecule has 0 saturated heterocycles. The Kier molecular flexibility index (Phi) is 3.98. The lowest BCUT2D eigenvalue weighted by atomic mass is 9.96. The first-order chi connectivity index (χ1) is 14.8. The van der Waals surface area contributed by atoms with Crippen LogP contribution in [0.4, 0.5) is 10.1 Å². The summed E-state index contributed by atoms with van der Waals surface area (Å²) in [6, 6.07) is 29.5. The Balaban J connectivity index is 1.41. The third-order valence-electron chi connectivity index (χ3n) is 6.44. The fourth-order valence-electron chi connectivity index (χ4n) is 5.01. The summed E-state index contributed by atoms with van der Waals surface area (Å²) in [5.74, 6) is -0.138. The summed E-state index contributed by atoms with van der Waals surface area (Å²) >= 11 is 0. The summed E-state index contributed by atoms with van der Waals surface area (Å²) < 4.78 is 13.6. The minimum atomic E-state index is -0.138. The van der Waals surface area contributed by atoms with Crippen molar-refractivity contribution in [2.75, 3.05) is 11.4 Å². The van der Waals surface area contributed by atoms with Gasteiger partial charge < -0.3 is 4.90 Å². The number of rotatable bonds is 2. The van der Waals surface area contributed by atoms with Crippen LogP contribution in [0.3, 0.4) is 0 Å². The van der Waals surface area contributed by atoms with E-state index in [4.69, 9.17) is 0 Å². The first kappa shape index (κ1) is 17.5. The highest BCUT2D eigenvalue weighted by atomic mass is 19.1. The predicted octanol–water partition coefficient (Wildman–Crippen LogP) is 7.24. The summed E-state index contributed by atoms with van der Waals surface area (Å²) in [7, 11) is 0.